The number of hydrogen-bond acceptors (Lipinski definition) is 3. The van der Waals surface area contributed by atoms with Crippen LogP contribution in [-0.2, 0) is 4.74 Å². The van der Waals surface area contributed by atoms with E-state index in [0.29, 0.717) is 12.2 Å². The van der Waals surface area contributed by atoms with Gasteiger partial charge in [-0.1, -0.05) is 48.0 Å². The van der Waals surface area contributed by atoms with Gasteiger partial charge in [-0.25, -0.2) is 9.48 Å². The predicted octanol–water partition coefficient (Wildman–Crippen LogP) is 4.02. The SMILES string of the molecule is CCOC(=O)c1cnn(-c2ccc(C)cc2)c1-c1ccccc1. The fourth-order valence-electron chi connectivity index (χ4n) is 2.46. The summed E-state index contributed by atoms with van der Waals surface area (Å²) in [5.41, 5.74) is 4.22. The monoisotopic (exact) mass is 306 g/mol. The Morgan fingerprint density at radius 3 is 2.43 bits per heavy atom. The minimum absolute atomic E-state index is 0.336. The van der Waals surface area contributed by atoms with Crippen LogP contribution >= 0.6 is 0 Å². The summed E-state index contributed by atoms with van der Waals surface area (Å²) in [7, 11) is 0. The maximum atomic E-state index is 12.3. The number of ether oxygens (including phenoxy) is 1. The molecule has 0 amide bonds. The van der Waals surface area contributed by atoms with E-state index in [-0.39, 0.29) is 5.97 Å². The summed E-state index contributed by atoms with van der Waals surface area (Å²) in [6.07, 6.45) is 1.57. The van der Waals surface area contributed by atoms with Gasteiger partial charge in [-0.05, 0) is 26.0 Å². The van der Waals surface area contributed by atoms with Crippen molar-refractivity contribution in [1.29, 1.82) is 0 Å². The first-order valence-corrected chi connectivity index (χ1v) is 7.58. The first-order valence-electron chi connectivity index (χ1n) is 7.58. The second kappa shape index (κ2) is 6.48. The molecule has 116 valence electrons. The van der Waals surface area contributed by atoms with Crippen molar-refractivity contribution in [1.82, 2.24) is 9.78 Å². The highest BCUT2D eigenvalue weighted by atomic mass is 16.5. The Morgan fingerprint density at radius 2 is 1.78 bits per heavy atom. The van der Waals surface area contributed by atoms with Gasteiger partial charge in [0, 0.05) is 5.56 Å². The average Bonchev–Trinajstić information content (AvgIpc) is 3.01. The van der Waals surface area contributed by atoms with Crippen molar-refractivity contribution in [2.75, 3.05) is 6.61 Å². The third-order valence-electron chi connectivity index (χ3n) is 3.59. The number of carbonyl (C=O) groups excluding carboxylic acids is 1. The molecule has 0 unspecified atom stereocenters. The van der Waals surface area contributed by atoms with Crippen LogP contribution in [0, 0.1) is 6.92 Å². The molecule has 4 nitrogen and oxygen atoms in total. The summed E-state index contributed by atoms with van der Waals surface area (Å²) in [5, 5.41) is 4.41. The van der Waals surface area contributed by atoms with Crippen molar-refractivity contribution in [2.24, 2.45) is 0 Å². The first kappa shape index (κ1) is 15.0. The first-order chi connectivity index (χ1) is 11.2. The van der Waals surface area contributed by atoms with Crippen molar-refractivity contribution in [2.45, 2.75) is 13.8 Å². The number of aromatic nitrogens is 2. The van der Waals surface area contributed by atoms with Gasteiger partial charge in [0.15, 0.2) is 0 Å². The lowest BCUT2D eigenvalue weighted by Crippen LogP contribution is -2.07. The second-order valence-corrected chi connectivity index (χ2v) is 5.24. The van der Waals surface area contributed by atoms with Crippen LogP contribution in [0.3, 0.4) is 0 Å². The summed E-state index contributed by atoms with van der Waals surface area (Å²) < 4.78 is 6.94. The molecule has 0 bridgehead atoms. The topological polar surface area (TPSA) is 44.1 Å². The van der Waals surface area contributed by atoms with Gasteiger partial charge in [0.25, 0.3) is 0 Å². The van der Waals surface area contributed by atoms with Gasteiger partial charge < -0.3 is 4.74 Å². The van der Waals surface area contributed by atoms with E-state index >= 15 is 0 Å². The molecule has 1 heterocycles. The molecular formula is C19H18N2O2. The number of nitrogens with zero attached hydrogens (tertiary/aromatic N) is 2. The number of esters is 1. The third-order valence-corrected chi connectivity index (χ3v) is 3.59. The molecule has 3 aromatic rings. The van der Waals surface area contributed by atoms with E-state index in [2.05, 4.69) is 5.10 Å². The minimum Gasteiger partial charge on any atom is -0.462 e. The Labute approximate surface area is 135 Å². The van der Waals surface area contributed by atoms with Crippen LogP contribution in [0.2, 0.25) is 0 Å². The van der Waals surface area contributed by atoms with E-state index < -0.39 is 0 Å². The molecule has 0 radical (unpaired) electrons. The lowest BCUT2D eigenvalue weighted by Gasteiger charge is -2.10. The molecule has 0 aliphatic carbocycles. The molecule has 0 saturated heterocycles. The molecule has 0 aliphatic heterocycles. The van der Waals surface area contributed by atoms with Crippen molar-refractivity contribution in [3.05, 3.63) is 71.9 Å². The zero-order chi connectivity index (χ0) is 16.2. The average molecular weight is 306 g/mol. The van der Waals surface area contributed by atoms with Crippen LogP contribution in [0.5, 0.6) is 0 Å². The maximum absolute atomic E-state index is 12.3. The molecule has 0 spiro atoms. The fourth-order valence-corrected chi connectivity index (χ4v) is 2.46. The standard InChI is InChI=1S/C19H18N2O2/c1-3-23-19(22)17-13-20-21(16-11-9-14(2)10-12-16)18(17)15-7-5-4-6-8-15/h4-13H,3H2,1-2H3. The summed E-state index contributed by atoms with van der Waals surface area (Å²) in [6, 6.07) is 17.8. The molecule has 3 rings (SSSR count). The summed E-state index contributed by atoms with van der Waals surface area (Å²) in [6.45, 7) is 4.17. The second-order valence-electron chi connectivity index (χ2n) is 5.24. The molecule has 0 fully saturated rings. The van der Waals surface area contributed by atoms with Gasteiger partial charge in [0.2, 0.25) is 0 Å². The molecule has 4 heteroatoms. The van der Waals surface area contributed by atoms with Crippen LogP contribution in [0.25, 0.3) is 16.9 Å². The highest BCUT2D eigenvalue weighted by Crippen LogP contribution is 2.27. The van der Waals surface area contributed by atoms with E-state index in [4.69, 9.17) is 4.74 Å². The Kier molecular flexibility index (Phi) is 4.24. The van der Waals surface area contributed by atoms with Crippen LogP contribution in [0.15, 0.2) is 60.8 Å². The third kappa shape index (κ3) is 3.01. The molecule has 0 N–H and O–H groups in total. The van der Waals surface area contributed by atoms with Crippen molar-refractivity contribution in [3.8, 4) is 16.9 Å². The quantitative estimate of drug-likeness (QED) is 0.684. The fraction of sp³-hybridized carbons (Fsp3) is 0.158. The lowest BCUT2D eigenvalue weighted by atomic mass is 10.1. The van der Waals surface area contributed by atoms with Gasteiger partial charge >= 0.3 is 5.97 Å². The predicted molar refractivity (Wildman–Crippen MR) is 89.7 cm³/mol. The Balaban J connectivity index is 2.17. The number of hydrogen-bond donors (Lipinski definition) is 0. The van der Waals surface area contributed by atoms with E-state index in [9.17, 15) is 4.79 Å². The largest absolute Gasteiger partial charge is 0.462 e. The highest BCUT2D eigenvalue weighted by molar-refractivity contribution is 5.96. The Morgan fingerprint density at radius 1 is 1.09 bits per heavy atom. The van der Waals surface area contributed by atoms with Gasteiger partial charge in [-0.2, -0.15) is 5.10 Å². The minimum atomic E-state index is -0.357. The summed E-state index contributed by atoms with van der Waals surface area (Å²) >= 11 is 0. The normalized spacial score (nSPS) is 10.5. The van der Waals surface area contributed by atoms with Gasteiger partial charge in [-0.15, -0.1) is 0 Å². The van der Waals surface area contributed by atoms with Crippen molar-refractivity contribution in [3.63, 3.8) is 0 Å². The smallest absolute Gasteiger partial charge is 0.342 e. The summed E-state index contributed by atoms with van der Waals surface area (Å²) in [5.74, 6) is -0.357. The van der Waals surface area contributed by atoms with Gasteiger partial charge in [0.1, 0.15) is 5.56 Å². The van der Waals surface area contributed by atoms with E-state index in [1.807, 2.05) is 61.5 Å². The van der Waals surface area contributed by atoms with Crippen LogP contribution in [-0.4, -0.2) is 22.4 Å². The number of rotatable bonds is 4. The molecule has 0 aliphatic rings. The Hall–Kier alpha value is -2.88. The lowest BCUT2D eigenvalue weighted by molar-refractivity contribution is 0.0527. The van der Waals surface area contributed by atoms with Gasteiger partial charge in [-0.3, -0.25) is 0 Å². The number of aryl methyl sites for hydroxylation is 1. The van der Waals surface area contributed by atoms with E-state index in [0.717, 1.165) is 16.9 Å². The molecular weight excluding hydrogens is 288 g/mol. The van der Waals surface area contributed by atoms with Gasteiger partial charge in [0.05, 0.1) is 24.2 Å². The van der Waals surface area contributed by atoms with Crippen LogP contribution in [0.4, 0.5) is 0 Å². The molecule has 23 heavy (non-hydrogen) atoms. The molecule has 2 aromatic carbocycles. The van der Waals surface area contributed by atoms with Crippen molar-refractivity contribution >= 4 is 5.97 Å². The zero-order valence-corrected chi connectivity index (χ0v) is 13.2. The molecule has 0 saturated carbocycles. The molecule has 0 atom stereocenters. The maximum Gasteiger partial charge on any atom is 0.342 e. The van der Waals surface area contributed by atoms with Crippen LogP contribution in [0.1, 0.15) is 22.8 Å². The Bertz CT molecular complexity index is 805. The van der Waals surface area contributed by atoms with E-state index in [1.54, 1.807) is 17.8 Å². The number of benzene rings is 2. The number of carbonyl (C=O) groups is 1. The summed E-state index contributed by atoms with van der Waals surface area (Å²) in [4.78, 5) is 12.3. The highest BCUT2D eigenvalue weighted by Gasteiger charge is 2.20. The zero-order valence-electron chi connectivity index (χ0n) is 13.2. The van der Waals surface area contributed by atoms with Crippen LogP contribution < -0.4 is 0 Å². The molecule has 1 aromatic heterocycles. The van der Waals surface area contributed by atoms with E-state index in [1.165, 1.54) is 5.56 Å². The van der Waals surface area contributed by atoms with Crippen molar-refractivity contribution < 1.29 is 9.53 Å².